The van der Waals surface area contributed by atoms with Crippen LogP contribution in [-0.2, 0) is 16.1 Å². The fraction of sp³-hybridized carbons (Fsp3) is 0.222. The Labute approximate surface area is 161 Å². The molecule has 0 spiro atoms. The van der Waals surface area contributed by atoms with E-state index >= 15 is 0 Å². The van der Waals surface area contributed by atoms with Gasteiger partial charge in [-0.2, -0.15) is 8.78 Å². The fourth-order valence-electron chi connectivity index (χ4n) is 2.11. The molecule has 144 valence electrons. The lowest BCUT2D eigenvalue weighted by Crippen LogP contribution is -2.31. The van der Waals surface area contributed by atoms with Crippen molar-refractivity contribution in [2.75, 3.05) is 13.7 Å². The van der Waals surface area contributed by atoms with E-state index in [9.17, 15) is 22.8 Å². The van der Waals surface area contributed by atoms with E-state index in [1.165, 1.54) is 48.3 Å². The summed E-state index contributed by atoms with van der Waals surface area (Å²) in [4.78, 5) is 25.3. The van der Waals surface area contributed by atoms with Crippen molar-refractivity contribution >= 4 is 27.8 Å². The average molecular weight is 446 g/mol. The number of hydrogen-bond acceptors (Lipinski definition) is 4. The Morgan fingerprint density at radius 2 is 1.81 bits per heavy atom. The predicted octanol–water partition coefficient (Wildman–Crippen LogP) is 4.01. The summed E-state index contributed by atoms with van der Waals surface area (Å²) in [6, 6.07) is 9.58. The summed E-state index contributed by atoms with van der Waals surface area (Å²) in [6.45, 7) is -3.31. The van der Waals surface area contributed by atoms with Crippen molar-refractivity contribution in [1.82, 2.24) is 4.90 Å². The van der Waals surface area contributed by atoms with Gasteiger partial charge in [-0.1, -0.05) is 28.1 Å². The van der Waals surface area contributed by atoms with Gasteiger partial charge in [0.25, 0.3) is 5.91 Å². The van der Waals surface area contributed by atoms with Crippen molar-refractivity contribution in [3.8, 4) is 5.75 Å². The fourth-order valence-corrected chi connectivity index (χ4v) is 2.47. The van der Waals surface area contributed by atoms with Crippen molar-refractivity contribution < 1.29 is 32.2 Å². The largest absolute Gasteiger partial charge is 0.452 e. The van der Waals surface area contributed by atoms with E-state index in [2.05, 4.69) is 20.7 Å². The van der Waals surface area contributed by atoms with Gasteiger partial charge in [-0.3, -0.25) is 4.79 Å². The van der Waals surface area contributed by atoms with Crippen LogP contribution in [0.1, 0.15) is 15.9 Å². The number of ether oxygens (including phenoxy) is 2. The lowest BCUT2D eigenvalue weighted by molar-refractivity contribution is -0.133. The maximum atomic E-state index is 13.6. The zero-order chi connectivity index (χ0) is 20.0. The van der Waals surface area contributed by atoms with Crippen LogP contribution in [0.2, 0.25) is 0 Å². The van der Waals surface area contributed by atoms with Crippen molar-refractivity contribution in [2.45, 2.75) is 13.2 Å². The van der Waals surface area contributed by atoms with Gasteiger partial charge in [0, 0.05) is 18.1 Å². The Hall–Kier alpha value is -2.55. The highest BCUT2D eigenvalue weighted by Gasteiger charge is 2.17. The lowest BCUT2D eigenvalue weighted by atomic mass is 10.2. The summed E-state index contributed by atoms with van der Waals surface area (Å²) in [5, 5.41) is 0. The van der Waals surface area contributed by atoms with Gasteiger partial charge < -0.3 is 14.4 Å². The number of halogens is 4. The second-order valence-corrected chi connectivity index (χ2v) is 6.39. The molecule has 0 aliphatic heterocycles. The quantitative estimate of drug-likeness (QED) is 0.604. The zero-order valence-corrected chi connectivity index (χ0v) is 15.7. The zero-order valence-electron chi connectivity index (χ0n) is 14.1. The number of benzene rings is 2. The molecule has 0 aromatic heterocycles. The number of carbonyl (C=O) groups excluding carboxylic acids is 2. The van der Waals surface area contributed by atoms with Gasteiger partial charge in [-0.15, -0.1) is 0 Å². The summed E-state index contributed by atoms with van der Waals surface area (Å²) in [6.07, 6.45) is 0. The number of carbonyl (C=O) groups is 2. The summed E-state index contributed by atoms with van der Waals surface area (Å²) < 4.78 is 47.4. The monoisotopic (exact) mass is 445 g/mol. The molecule has 0 radical (unpaired) electrons. The van der Waals surface area contributed by atoms with Crippen molar-refractivity contribution in [3.05, 3.63) is 63.9 Å². The molecule has 0 fully saturated rings. The van der Waals surface area contributed by atoms with Gasteiger partial charge in [0.05, 0.1) is 5.56 Å². The highest BCUT2D eigenvalue weighted by molar-refractivity contribution is 9.10. The molecule has 1 amide bonds. The molecule has 2 aromatic rings. The summed E-state index contributed by atoms with van der Waals surface area (Å²) in [7, 11) is 1.49. The first kappa shape index (κ1) is 20.8. The summed E-state index contributed by atoms with van der Waals surface area (Å²) in [5.74, 6) is -2.21. The van der Waals surface area contributed by atoms with Gasteiger partial charge in [-0.05, 0) is 35.9 Å². The minimum Gasteiger partial charge on any atom is -0.452 e. The molecule has 9 heteroatoms. The van der Waals surface area contributed by atoms with Crippen LogP contribution in [0.25, 0.3) is 0 Å². The Balaban J connectivity index is 1.88. The normalized spacial score (nSPS) is 10.6. The van der Waals surface area contributed by atoms with Crippen LogP contribution in [0.4, 0.5) is 13.2 Å². The predicted molar refractivity (Wildman–Crippen MR) is 93.9 cm³/mol. The molecule has 2 aromatic carbocycles. The molecular weight excluding hydrogens is 431 g/mol. The van der Waals surface area contributed by atoms with E-state index < -0.39 is 30.9 Å². The van der Waals surface area contributed by atoms with Crippen LogP contribution < -0.4 is 4.74 Å². The molecule has 0 N–H and O–H groups in total. The van der Waals surface area contributed by atoms with Gasteiger partial charge >= 0.3 is 12.6 Å². The number of likely N-dealkylation sites (N-methyl/N-ethyl adjacent to an activating group) is 1. The number of nitrogens with zero attached hydrogens (tertiary/aromatic N) is 1. The molecule has 2 rings (SSSR count). The van der Waals surface area contributed by atoms with E-state index in [1.807, 2.05) is 0 Å². The maximum Gasteiger partial charge on any atom is 0.387 e. The number of amides is 1. The maximum absolute atomic E-state index is 13.6. The molecule has 27 heavy (non-hydrogen) atoms. The van der Waals surface area contributed by atoms with Gasteiger partial charge in [-0.25, -0.2) is 9.18 Å². The topological polar surface area (TPSA) is 55.8 Å². The van der Waals surface area contributed by atoms with Gasteiger partial charge in [0.1, 0.15) is 11.6 Å². The van der Waals surface area contributed by atoms with Crippen LogP contribution in [0.5, 0.6) is 5.75 Å². The van der Waals surface area contributed by atoms with Crippen molar-refractivity contribution in [1.29, 1.82) is 0 Å². The first-order valence-corrected chi connectivity index (χ1v) is 8.45. The van der Waals surface area contributed by atoms with Crippen LogP contribution >= 0.6 is 15.9 Å². The van der Waals surface area contributed by atoms with E-state index in [4.69, 9.17) is 4.74 Å². The number of rotatable bonds is 7. The standard InChI is InChI=1S/C18H15BrF3NO4/c1-23(9-11-2-5-13(6-3-11)27-18(21)22)16(24)10-26-17(25)14-8-12(19)4-7-15(14)20/h2-8,18H,9-10H2,1H3. The highest BCUT2D eigenvalue weighted by atomic mass is 79.9. The average Bonchev–Trinajstić information content (AvgIpc) is 2.62. The highest BCUT2D eigenvalue weighted by Crippen LogP contribution is 2.17. The van der Waals surface area contributed by atoms with Crippen LogP contribution in [0, 0.1) is 5.82 Å². The minimum absolute atomic E-state index is 0.00714. The third-order valence-electron chi connectivity index (χ3n) is 3.47. The van der Waals surface area contributed by atoms with Gasteiger partial charge in [0.2, 0.25) is 0 Å². The lowest BCUT2D eigenvalue weighted by Gasteiger charge is -2.17. The van der Waals surface area contributed by atoms with E-state index in [0.717, 1.165) is 6.07 Å². The van der Waals surface area contributed by atoms with E-state index in [-0.39, 0.29) is 17.9 Å². The molecule has 0 saturated heterocycles. The molecule has 0 unspecified atom stereocenters. The molecule has 0 aliphatic rings. The number of hydrogen-bond donors (Lipinski definition) is 0. The van der Waals surface area contributed by atoms with Gasteiger partial charge in [0.15, 0.2) is 6.61 Å². The third-order valence-corrected chi connectivity index (χ3v) is 3.96. The summed E-state index contributed by atoms with van der Waals surface area (Å²) >= 11 is 3.12. The molecule has 0 bridgehead atoms. The SMILES string of the molecule is CN(Cc1ccc(OC(F)F)cc1)C(=O)COC(=O)c1cc(Br)ccc1F. The second kappa shape index (κ2) is 9.40. The molecule has 5 nitrogen and oxygen atoms in total. The first-order chi connectivity index (χ1) is 12.8. The third kappa shape index (κ3) is 6.28. The van der Waals surface area contributed by atoms with Crippen LogP contribution in [-0.4, -0.2) is 37.0 Å². The van der Waals surface area contributed by atoms with Crippen molar-refractivity contribution in [3.63, 3.8) is 0 Å². The van der Waals surface area contributed by atoms with E-state index in [0.29, 0.717) is 10.0 Å². The molecule has 0 aliphatic carbocycles. The molecule has 0 saturated carbocycles. The summed E-state index contributed by atoms with van der Waals surface area (Å²) in [5.41, 5.74) is 0.381. The van der Waals surface area contributed by atoms with Crippen LogP contribution in [0.15, 0.2) is 46.9 Å². The Morgan fingerprint density at radius 1 is 1.15 bits per heavy atom. The smallest absolute Gasteiger partial charge is 0.387 e. The molecule has 0 atom stereocenters. The Bertz CT molecular complexity index is 815. The minimum atomic E-state index is -2.91. The molecule has 0 heterocycles. The van der Waals surface area contributed by atoms with E-state index in [1.54, 1.807) is 0 Å². The Morgan fingerprint density at radius 3 is 2.44 bits per heavy atom. The number of esters is 1. The Kier molecular flexibility index (Phi) is 7.23. The number of alkyl halides is 2. The van der Waals surface area contributed by atoms with Crippen LogP contribution in [0.3, 0.4) is 0 Å². The molecular formula is C18H15BrF3NO4. The second-order valence-electron chi connectivity index (χ2n) is 5.47. The first-order valence-electron chi connectivity index (χ1n) is 7.66. The van der Waals surface area contributed by atoms with Crippen molar-refractivity contribution in [2.24, 2.45) is 0 Å².